The van der Waals surface area contributed by atoms with Crippen LogP contribution in [0.25, 0.3) is 0 Å². The molecule has 0 saturated carbocycles. The van der Waals surface area contributed by atoms with Crippen molar-refractivity contribution in [1.29, 1.82) is 0 Å². The van der Waals surface area contributed by atoms with E-state index >= 15 is 0 Å². The maximum atomic E-state index is 9.87. The van der Waals surface area contributed by atoms with E-state index in [0.29, 0.717) is 11.7 Å². The first-order chi connectivity index (χ1) is 12.0. The maximum Gasteiger partial charge on any atom is 0.115 e. The predicted molar refractivity (Wildman–Crippen MR) is 102 cm³/mol. The molecule has 3 rings (SSSR count). The molecule has 0 bridgehead atoms. The summed E-state index contributed by atoms with van der Waals surface area (Å²) in [5, 5.41) is 19.4. The van der Waals surface area contributed by atoms with Gasteiger partial charge in [-0.3, -0.25) is 4.90 Å². The fraction of sp³-hybridized carbons (Fsp3) is 0.455. The Balaban J connectivity index is 1.80. The Morgan fingerprint density at radius 2 is 1.92 bits per heavy atom. The molecule has 3 atom stereocenters. The van der Waals surface area contributed by atoms with Gasteiger partial charge in [0.15, 0.2) is 0 Å². The molecule has 2 aromatic carbocycles. The summed E-state index contributed by atoms with van der Waals surface area (Å²) in [4.78, 5) is 2.51. The van der Waals surface area contributed by atoms with Crippen molar-refractivity contribution in [3.8, 4) is 5.75 Å². The Kier molecular flexibility index (Phi) is 5.45. The Hall–Kier alpha value is -1.84. The van der Waals surface area contributed by atoms with Gasteiger partial charge in [-0.25, -0.2) is 0 Å². The zero-order valence-electron chi connectivity index (χ0n) is 15.2. The number of phenolic OH excluding ortho intramolecular Hbond substituents is 1. The van der Waals surface area contributed by atoms with Crippen molar-refractivity contribution in [2.75, 3.05) is 19.7 Å². The van der Waals surface area contributed by atoms with Gasteiger partial charge in [0, 0.05) is 19.2 Å². The van der Waals surface area contributed by atoms with Crippen LogP contribution in [-0.4, -0.2) is 34.8 Å². The Morgan fingerprint density at radius 1 is 1.16 bits per heavy atom. The smallest absolute Gasteiger partial charge is 0.115 e. The van der Waals surface area contributed by atoms with E-state index in [1.807, 2.05) is 18.2 Å². The van der Waals surface area contributed by atoms with E-state index in [4.69, 9.17) is 0 Å². The molecular formula is C22H29NO2. The topological polar surface area (TPSA) is 43.7 Å². The third-order valence-electron chi connectivity index (χ3n) is 6.05. The van der Waals surface area contributed by atoms with E-state index in [1.54, 1.807) is 6.07 Å². The van der Waals surface area contributed by atoms with Crippen molar-refractivity contribution in [3.05, 3.63) is 65.7 Å². The molecule has 2 N–H and O–H groups in total. The maximum absolute atomic E-state index is 9.87. The molecule has 0 aliphatic carbocycles. The van der Waals surface area contributed by atoms with E-state index in [0.717, 1.165) is 25.9 Å². The minimum Gasteiger partial charge on any atom is -0.508 e. The number of hydrogen-bond donors (Lipinski definition) is 2. The zero-order valence-corrected chi connectivity index (χ0v) is 15.2. The van der Waals surface area contributed by atoms with Crippen LogP contribution in [0.4, 0.5) is 0 Å². The largest absolute Gasteiger partial charge is 0.508 e. The third-order valence-corrected chi connectivity index (χ3v) is 6.05. The van der Waals surface area contributed by atoms with Crippen molar-refractivity contribution >= 4 is 0 Å². The lowest BCUT2D eigenvalue weighted by Gasteiger charge is -2.47. The molecule has 0 radical (unpaired) electrons. The molecule has 1 fully saturated rings. The van der Waals surface area contributed by atoms with Crippen LogP contribution >= 0.6 is 0 Å². The molecule has 0 amide bonds. The van der Waals surface area contributed by atoms with Gasteiger partial charge >= 0.3 is 0 Å². The fourth-order valence-corrected chi connectivity index (χ4v) is 4.20. The van der Waals surface area contributed by atoms with Crippen molar-refractivity contribution < 1.29 is 10.2 Å². The summed E-state index contributed by atoms with van der Waals surface area (Å²) in [5.41, 5.74) is 2.57. The van der Waals surface area contributed by atoms with Gasteiger partial charge in [0.05, 0.1) is 0 Å². The number of benzene rings is 2. The summed E-state index contributed by atoms with van der Waals surface area (Å²) >= 11 is 0. The number of nitrogens with zero attached hydrogens (tertiary/aromatic N) is 1. The van der Waals surface area contributed by atoms with Crippen molar-refractivity contribution in [2.45, 2.75) is 38.1 Å². The lowest BCUT2D eigenvalue weighted by molar-refractivity contribution is 0.0628. The summed E-state index contributed by atoms with van der Waals surface area (Å²) in [6.07, 6.45) is 1.81. The van der Waals surface area contributed by atoms with Crippen LogP contribution in [-0.2, 0) is 5.41 Å². The van der Waals surface area contributed by atoms with Gasteiger partial charge in [0.25, 0.3) is 0 Å². The molecule has 1 saturated heterocycles. The predicted octanol–water partition coefficient (Wildman–Crippen LogP) is 4.12. The lowest BCUT2D eigenvalue weighted by Crippen LogP contribution is -2.48. The average Bonchev–Trinajstić information content (AvgIpc) is 2.63. The number of aliphatic hydroxyl groups excluding tert-OH is 1. The summed E-state index contributed by atoms with van der Waals surface area (Å²) in [6, 6.07) is 18.5. The van der Waals surface area contributed by atoms with Crippen LogP contribution in [0.15, 0.2) is 54.6 Å². The number of phenols is 1. The van der Waals surface area contributed by atoms with Crippen LogP contribution < -0.4 is 0 Å². The van der Waals surface area contributed by atoms with E-state index in [2.05, 4.69) is 49.1 Å². The first-order valence-electron chi connectivity index (χ1n) is 9.24. The van der Waals surface area contributed by atoms with Gasteiger partial charge in [-0.15, -0.1) is 0 Å². The van der Waals surface area contributed by atoms with E-state index in [1.165, 1.54) is 11.1 Å². The van der Waals surface area contributed by atoms with Gasteiger partial charge in [-0.1, -0.05) is 56.3 Å². The van der Waals surface area contributed by atoms with Gasteiger partial charge in [-0.05, 0) is 54.0 Å². The summed E-state index contributed by atoms with van der Waals surface area (Å²) in [5.74, 6) is 0.809. The van der Waals surface area contributed by atoms with Gasteiger partial charge < -0.3 is 10.2 Å². The highest BCUT2D eigenvalue weighted by molar-refractivity contribution is 5.34. The van der Waals surface area contributed by atoms with Crippen LogP contribution in [0.1, 0.15) is 43.9 Å². The molecule has 1 aliphatic rings. The van der Waals surface area contributed by atoms with Crippen molar-refractivity contribution in [2.24, 2.45) is 5.92 Å². The van der Waals surface area contributed by atoms with Crippen molar-refractivity contribution in [3.63, 3.8) is 0 Å². The Bertz CT molecular complexity index is 687. The van der Waals surface area contributed by atoms with Crippen LogP contribution in [0.2, 0.25) is 0 Å². The van der Waals surface area contributed by atoms with E-state index in [9.17, 15) is 10.2 Å². The second-order valence-electron chi connectivity index (χ2n) is 7.55. The fourth-order valence-electron chi connectivity index (χ4n) is 4.20. The molecule has 25 heavy (non-hydrogen) atoms. The molecular weight excluding hydrogens is 310 g/mol. The van der Waals surface area contributed by atoms with Crippen LogP contribution in [0, 0.1) is 5.92 Å². The van der Waals surface area contributed by atoms with E-state index < -0.39 is 0 Å². The van der Waals surface area contributed by atoms with Gasteiger partial charge in [-0.2, -0.15) is 0 Å². The molecule has 2 aromatic rings. The summed E-state index contributed by atoms with van der Waals surface area (Å²) < 4.78 is 0. The second-order valence-corrected chi connectivity index (χ2v) is 7.55. The summed E-state index contributed by atoms with van der Waals surface area (Å²) in [6.45, 7) is 6.81. The molecule has 3 unspecified atom stereocenters. The number of hydrogen-bond acceptors (Lipinski definition) is 3. The quantitative estimate of drug-likeness (QED) is 0.861. The van der Waals surface area contributed by atoms with Gasteiger partial charge in [0.1, 0.15) is 5.75 Å². The zero-order chi connectivity index (χ0) is 17.9. The third kappa shape index (κ3) is 3.73. The highest BCUT2D eigenvalue weighted by atomic mass is 16.3. The molecule has 3 heteroatoms. The second kappa shape index (κ2) is 7.59. The molecule has 134 valence electrons. The number of aromatic hydroxyl groups is 1. The van der Waals surface area contributed by atoms with Crippen LogP contribution in [0.3, 0.4) is 0 Å². The summed E-state index contributed by atoms with van der Waals surface area (Å²) in [7, 11) is 0. The number of aliphatic hydroxyl groups is 1. The standard InChI is InChI=1S/C22H29NO2/c1-17-16-23(21(11-14-24)18-7-4-3-5-8-18)13-12-22(17,2)19-9-6-10-20(25)15-19/h3-10,15,17,21,24-25H,11-14,16H2,1-2H3. The highest BCUT2D eigenvalue weighted by Gasteiger charge is 2.39. The monoisotopic (exact) mass is 339 g/mol. The number of rotatable bonds is 5. The normalized spacial score (nSPS) is 25.6. The molecule has 0 aromatic heterocycles. The average molecular weight is 339 g/mol. The number of piperidine rings is 1. The molecule has 0 spiro atoms. The first kappa shape index (κ1) is 18.0. The lowest BCUT2D eigenvalue weighted by atomic mass is 9.67. The highest BCUT2D eigenvalue weighted by Crippen LogP contribution is 2.42. The number of likely N-dealkylation sites (tertiary alicyclic amines) is 1. The van der Waals surface area contributed by atoms with Gasteiger partial charge in [0.2, 0.25) is 0 Å². The molecule has 3 nitrogen and oxygen atoms in total. The molecule has 1 heterocycles. The first-order valence-corrected chi connectivity index (χ1v) is 9.24. The SMILES string of the molecule is CC1CN(C(CCO)c2ccccc2)CCC1(C)c1cccc(O)c1. The minimum absolute atomic E-state index is 0.0652. The Morgan fingerprint density at radius 3 is 2.56 bits per heavy atom. The van der Waals surface area contributed by atoms with Crippen molar-refractivity contribution in [1.82, 2.24) is 4.90 Å². The van der Waals surface area contributed by atoms with E-state index in [-0.39, 0.29) is 18.1 Å². The van der Waals surface area contributed by atoms with Crippen LogP contribution in [0.5, 0.6) is 5.75 Å². The molecule has 1 aliphatic heterocycles. The minimum atomic E-state index is 0.0652. The Labute approximate surface area is 150 Å².